The van der Waals surface area contributed by atoms with E-state index in [2.05, 4.69) is 4.98 Å². The quantitative estimate of drug-likeness (QED) is 0.861. The summed E-state index contributed by atoms with van der Waals surface area (Å²) in [6, 6.07) is 3.10. The van der Waals surface area contributed by atoms with Gasteiger partial charge in [-0.05, 0) is 39.2 Å². The van der Waals surface area contributed by atoms with Gasteiger partial charge in [-0.15, -0.1) is 0 Å². The van der Waals surface area contributed by atoms with Crippen molar-refractivity contribution in [3.8, 4) is 0 Å². The summed E-state index contributed by atoms with van der Waals surface area (Å²) in [5.41, 5.74) is 1.86. The Morgan fingerprint density at radius 3 is 2.37 bits per heavy atom. The fraction of sp³-hybridized carbons (Fsp3) is 0.667. The molecule has 1 aromatic rings. The molecule has 3 unspecified atom stereocenters. The summed E-state index contributed by atoms with van der Waals surface area (Å²) in [6.45, 7) is 6.19. The molecule has 2 saturated heterocycles. The lowest BCUT2D eigenvalue weighted by atomic mass is 9.83. The van der Waals surface area contributed by atoms with Gasteiger partial charge in [-0.2, -0.15) is 13.2 Å². The first-order valence-electron chi connectivity index (χ1n) is 8.66. The van der Waals surface area contributed by atoms with Crippen LogP contribution in [0.15, 0.2) is 18.3 Å². The Morgan fingerprint density at radius 1 is 1.30 bits per heavy atom. The minimum atomic E-state index is -4.64. The van der Waals surface area contributed by atoms with E-state index >= 15 is 0 Å². The molecule has 0 aromatic carbocycles. The second-order valence-corrected chi connectivity index (χ2v) is 7.79. The lowest BCUT2D eigenvalue weighted by molar-refractivity contribution is -0.285. The van der Waals surface area contributed by atoms with Crippen LogP contribution in [-0.2, 0) is 24.6 Å². The van der Waals surface area contributed by atoms with Gasteiger partial charge in [0.2, 0.25) is 0 Å². The maximum Gasteiger partial charge on any atom is 0.417 e. The van der Waals surface area contributed by atoms with E-state index in [1.807, 2.05) is 0 Å². The van der Waals surface area contributed by atoms with Crippen molar-refractivity contribution >= 4 is 5.91 Å². The first-order valence-corrected chi connectivity index (χ1v) is 8.66. The number of primary amides is 1. The highest BCUT2D eigenvalue weighted by Crippen LogP contribution is 2.54. The molecule has 2 aliphatic heterocycles. The maximum absolute atomic E-state index is 13.5. The van der Waals surface area contributed by atoms with Crippen molar-refractivity contribution in [1.29, 1.82) is 0 Å². The summed E-state index contributed by atoms with van der Waals surface area (Å²) in [6.07, 6.45) is -3.90. The minimum Gasteiger partial charge on any atom is -0.367 e. The van der Waals surface area contributed by atoms with Crippen LogP contribution in [0.2, 0.25) is 0 Å². The summed E-state index contributed by atoms with van der Waals surface area (Å²) in [5, 5.41) is 0. The predicted octanol–water partition coefficient (Wildman–Crippen LogP) is 2.96. The summed E-state index contributed by atoms with van der Waals surface area (Å²) < 4.78 is 57.2. The van der Waals surface area contributed by atoms with E-state index in [4.69, 9.17) is 19.9 Å². The van der Waals surface area contributed by atoms with Crippen LogP contribution < -0.4 is 5.73 Å². The number of amides is 1. The van der Waals surface area contributed by atoms with Gasteiger partial charge in [-0.1, -0.05) is 13.0 Å². The van der Waals surface area contributed by atoms with E-state index in [0.717, 1.165) is 6.92 Å². The second-order valence-electron chi connectivity index (χ2n) is 7.79. The van der Waals surface area contributed by atoms with Crippen LogP contribution in [0.1, 0.15) is 51.5 Å². The van der Waals surface area contributed by atoms with E-state index < -0.39 is 41.1 Å². The highest BCUT2D eigenvalue weighted by Gasteiger charge is 2.66. The van der Waals surface area contributed by atoms with Gasteiger partial charge < -0.3 is 19.9 Å². The van der Waals surface area contributed by atoms with Gasteiger partial charge in [0.15, 0.2) is 17.0 Å². The van der Waals surface area contributed by atoms with Crippen molar-refractivity contribution in [2.24, 2.45) is 11.7 Å². The van der Waals surface area contributed by atoms with Crippen LogP contribution in [0, 0.1) is 5.92 Å². The summed E-state index contributed by atoms with van der Waals surface area (Å²) in [5.74, 6) is -2.67. The van der Waals surface area contributed by atoms with Gasteiger partial charge in [-0.25, -0.2) is 0 Å². The third-order valence-electron chi connectivity index (χ3n) is 5.47. The molecule has 1 amide bonds. The smallest absolute Gasteiger partial charge is 0.367 e. The molecule has 2 N–H and O–H groups in total. The van der Waals surface area contributed by atoms with Crippen molar-refractivity contribution in [3.63, 3.8) is 0 Å². The third-order valence-corrected chi connectivity index (χ3v) is 5.47. The zero-order chi connectivity index (χ0) is 20.3. The lowest BCUT2D eigenvalue weighted by Gasteiger charge is -2.33. The number of aromatic nitrogens is 1. The standard InChI is InChI=1S/C18H23F3N2O4/c1-10-7-17(14(22)24,27-16(10,4)18(19,20)21)11-5-6-12(23-8-11)13-9-25-15(2,3)26-13/h5-6,8,10,13H,7,9H2,1-4H3,(H2,22,24)/t10?,13-,16?,17?/m0/s1. The number of hydrogen-bond donors (Lipinski definition) is 1. The Kier molecular flexibility index (Phi) is 4.56. The largest absolute Gasteiger partial charge is 0.417 e. The van der Waals surface area contributed by atoms with Crippen LogP contribution in [0.25, 0.3) is 0 Å². The zero-order valence-corrected chi connectivity index (χ0v) is 15.6. The van der Waals surface area contributed by atoms with Crippen molar-refractivity contribution in [2.45, 2.75) is 63.4 Å². The van der Waals surface area contributed by atoms with Gasteiger partial charge >= 0.3 is 6.18 Å². The molecule has 9 heteroatoms. The second kappa shape index (κ2) is 6.15. The molecule has 4 atom stereocenters. The first kappa shape index (κ1) is 20.0. The number of pyridine rings is 1. The maximum atomic E-state index is 13.5. The van der Waals surface area contributed by atoms with E-state index in [1.54, 1.807) is 19.9 Å². The highest BCUT2D eigenvalue weighted by atomic mass is 19.4. The third kappa shape index (κ3) is 3.21. The Labute approximate surface area is 155 Å². The van der Waals surface area contributed by atoms with Crippen LogP contribution in [0.3, 0.4) is 0 Å². The highest BCUT2D eigenvalue weighted by molar-refractivity contribution is 5.85. The number of halogens is 3. The Bertz CT molecular complexity index is 737. The normalized spacial score (nSPS) is 36.1. The number of rotatable bonds is 3. The van der Waals surface area contributed by atoms with Crippen LogP contribution in [-0.4, -0.2) is 35.1 Å². The van der Waals surface area contributed by atoms with Crippen LogP contribution >= 0.6 is 0 Å². The summed E-state index contributed by atoms with van der Waals surface area (Å²) in [4.78, 5) is 16.4. The number of nitrogens with two attached hydrogens (primary N) is 1. The number of carbonyl (C=O) groups excluding carboxylic acids is 1. The van der Waals surface area contributed by atoms with Gasteiger partial charge in [-0.3, -0.25) is 9.78 Å². The van der Waals surface area contributed by atoms with E-state index in [9.17, 15) is 18.0 Å². The van der Waals surface area contributed by atoms with Crippen molar-refractivity contribution in [1.82, 2.24) is 4.98 Å². The molecule has 0 bridgehead atoms. The summed E-state index contributed by atoms with van der Waals surface area (Å²) >= 11 is 0. The molecule has 1 aromatic heterocycles. The zero-order valence-electron chi connectivity index (χ0n) is 15.6. The molecule has 0 spiro atoms. The Hall–Kier alpha value is -1.71. The molecule has 150 valence electrons. The molecule has 27 heavy (non-hydrogen) atoms. The monoisotopic (exact) mass is 388 g/mol. The average Bonchev–Trinajstić information content (AvgIpc) is 3.06. The molecular weight excluding hydrogens is 365 g/mol. The molecule has 3 rings (SSSR count). The number of alkyl halides is 3. The van der Waals surface area contributed by atoms with E-state index in [0.29, 0.717) is 12.3 Å². The number of carbonyl (C=O) groups is 1. The van der Waals surface area contributed by atoms with E-state index in [-0.39, 0.29) is 12.0 Å². The summed E-state index contributed by atoms with van der Waals surface area (Å²) in [7, 11) is 0. The van der Waals surface area contributed by atoms with Gasteiger partial charge in [0, 0.05) is 11.8 Å². The predicted molar refractivity (Wildman–Crippen MR) is 88.3 cm³/mol. The Balaban J connectivity index is 1.92. The minimum absolute atomic E-state index is 0.185. The fourth-order valence-corrected chi connectivity index (χ4v) is 3.60. The molecule has 2 fully saturated rings. The molecular formula is C18H23F3N2O4. The molecule has 0 aliphatic carbocycles. The van der Waals surface area contributed by atoms with Gasteiger partial charge in [0.25, 0.3) is 5.91 Å². The number of nitrogens with zero attached hydrogens (tertiary/aromatic N) is 1. The van der Waals surface area contributed by atoms with Crippen molar-refractivity contribution in [3.05, 3.63) is 29.6 Å². The SMILES string of the molecule is CC1CC(C(N)=O)(c2ccc([C@@H]3COC(C)(C)O3)nc2)OC1(C)C(F)(F)F. The molecule has 0 radical (unpaired) electrons. The number of hydrogen-bond acceptors (Lipinski definition) is 5. The topological polar surface area (TPSA) is 83.7 Å². The van der Waals surface area contributed by atoms with Crippen LogP contribution in [0.4, 0.5) is 13.2 Å². The Morgan fingerprint density at radius 2 is 1.96 bits per heavy atom. The first-order chi connectivity index (χ1) is 12.3. The van der Waals surface area contributed by atoms with E-state index in [1.165, 1.54) is 19.2 Å². The molecule has 3 heterocycles. The van der Waals surface area contributed by atoms with Crippen molar-refractivity contribution < 1.29 is 32.2 Å². The van der Waals surface area contributed by atoms with Gasteiger partial charge in [0.1, 0.15) is 6.10 Å². The van der Waals surface area contributed by atoms with Crippen molar-refractivity contribution in [2.75, 3.05) is 6.61 Å². The lowest BCUT2D eigenvalue weighted by Crippen LogP contribution is -2.49. The van der Waals surface area contributed by atoms with Crippen LogP contribution in [0.5, 0.6) is 0 Å². The van der Waals surface area contributed by atoms with Gasteiger partial charge in [0.05, 0.1) is 12.3 Å². The molecule has 6 nitrogen and oxygen atoms in total. The molecule has 0 saturated carbocycles. The average molecular weight is 388 g/mol. The fourth-order valence-electron chi connectivity index (χ4n) is 3.60. The number of ether oxygens (including phenoxy) is 3. The molecule has 2 aliphatic rings.